The Kier molecular flexibility index (Phi) is 3.70. The second kappa shape index (κ2) is 5.43. The lowest BCUT2D eigenvalue weighted by molar-refractivity contribution is 0.437. The Labute approximate surface area is 101 Å². The molecule has 0 saturated carbocycles. The summed E-state index contributed by atoms with van der Waals surface area (Å²) in [5, 5.41) is 17.5. The smallest absolute Gasteiger partial charge is 0.234 e. The molecule has 0 fully saturated rings. The molecule has 1 N–H and O–H groups in total. The van der Waals surface area contributed by atoms with Crippen molar-refractivity contribution in [2.24, 2.45) is 0 Å². The van der Waals surface area contributed by atoms with Crippen molar-refractivity contribution >= 4 is 0 Å². The molecule has 0 saturated heterocycles. The van der Waals surface area contributed by atoms with E-state index in [1.807, 2.05) is 36.4 Å². The van der Waals surface area contributed by atoms with Gasteiger partial charge in [-0.05, 0) is 18.9 Å². The van der Waals surface area contributed by atoms with Gasteiger partial charge in [-0.25, -0.2) is 0 Å². The molecule has 0 amide bonds. The van der Waals surface area contributed by atoms with E-state index >= 15 is 0 Å². The SMILES string of the molecule is CCCCc1cc(-c2ccccc2)nnc1O. The van der Waals surface area contributed by atoms with Gasteiger partial charge in [0.05, 0.1) is 5.69 Å². The average Bonchev–Trinajstić information content (AvgIpc) is 2.39. The Bertz CT molecular complexity index is 483. The topological polar surface area (TPSA) is 46.0 Å². The van der Waals surface area contributed by atoms with Gasteiger partial charge in [-0.15, -0.1) is 10.2 Å². The van der Waals surface area contributed by atoms with Gasteiger partial charge in [0.1, 0.15) is 0 Å². The number of hydrogen-bond donors (Lipinski definition) is 1. The molecule has 0 bridgehead atoms. The number of benzene rings is 1. The number of aryl methyl sites for hydroxylation is 1. The summed E-state index contributed by atoms with van der Waals surface area (Å²) in [5.41, 5.74) is 2.72. The Morgan fingerprint density at radius 2 is 1.88 bits per heavy atom. The molecule has 3 nitrogen and oxygen atoms in total. The maximum atomic E-state index is 9.63. The first-order valence-electron chi connectivity index (χ1n) is 5.92. The normalized spacial score (nSPS) is 10.4. The van der Waals surface area contributed by atoms with Crippen molar-refractivity contribution in [1.29, 1.82) is 0 Å². The van der Waals surface area contributed by atoms with Crippen molar-refractivity contribution in [3.63, 3.8) is 0 Å². The van der Waals surface area contributed by atoms with E-state index in [1.165, 1.54) is 0 Å². The zero-order valence-corrected chi connectivity index (χ0v) is 9.93. The lowest BCUT2D eigenvalue weighted by Gasteiger charge is -2.05. The quantitative estimate of drug-likeness (QED) is 0.874. The van der Waals surface area contributed by atoms with Crippen LogP contribution in [0.5, 0.6) is 5.88 Å². The zero-order valence-electron chi connectivity index (χ0n) is 9.93. The number of aromatic hydroxyl groups is 1. The van der Waals surface area contributed by atoms with Gasteiger partial charge in [-0.1, -0.05) is 43.7 Å². The largest absolute Gasteiger partial charge is 0.492 e. The van der Waals surface area contributed by atoms with Crippen LogP contribution in [0.4, 0.5) is 0 Å². The molecule has 0 aliphatic heterocycles. The maximum Gasteiger partial charge on any atom is 0.234 e. The van der Waals surface area contributed by atoms with Gasteiger partial charge in [0, 0.05) is 11.1 Å². The van der Waals surface area contributed by atoms with Crippen molar-refractivity contribution in [3.05, 3.63) is 42.0 Å². The van der Waals surface area contributed by atoms with Gasteiger partial charge in [-0.2, -0.15) is 0 Å². The van der Waals surface area contributed by atoms with E-state index in [1.54, 1.807) is 0 Å². The van der Waals surface area contributed by atoms with Crippen LogP contribution in [-0.4, -0.2) is 15.3 Å². The lowest BCUT2D eigenvalue weighted by Crippen LogP contribution is -1.94. The van der Waals surface area contributed by atoms with Crippen molar-refractivity contribution in [1.82, 2.24) is 10.2 Å². The van der Waals surface area contributed by atoms with Crippen LogP contribution in [0.15, 0.2) is 36.4 Å². The predicted molar refractivity (Wildman–Crippen MR) is 67.7 cm³/mol. The molecule has 2 aromatic rings. The molecular formula is C14H16N2O. The highest BCUT2D eigenvalue weighted by molar-refractivity contribution is 5.59. The fraction of sp³-hybridized carbons (Fsp3) is 0.286. The summed E-state index contributed by atoms with van der Waals surface area (Å²) in [5.74, 6) is 0.0538. The zero-order chi connectivity index (χ0) is 12.1. The molecule has 1 heterocycles. The van der Waals surface area contributed by atoms with Crippen molar-refractivity contribution in [2.45, 2.75) is 26.2 Å². The second-order valence-corrected chi connectivity index (χ2v) is 4.05. The van der Waals surface area contributed by atoms with Crippen LogP contribution < -0.4 is 0 Å². The monoisotopic (exact) mass is 228 g/mol. The van der Waals surface area contributed by atoms with Crippen LogP contribution >= 0.6 is 0 Å². The third kappa shape index (κ3) is 2.81. The summed E-state index contributed by atoms with van der Waals surface area (Å²) in [6, 6.07) is 11.8. The highest BCUT2D eigenvalue weighted by atomic mass is 16.3. The molecule has 17 heavy (non-hydrogen) atoms. The average molecular weight is 228 g/mol. The summed E-state index contributed by atoms with van der Waals surface area (Å²) >= 11 is 0. The maximum absolute atomic E-state index is 9.63. The summed E-state index contributed by atoms with van der Waals surface area (Å²) in [6.45, 7) is 2.13. The number of nitrogens with zero attached hydrogens (tertiary/aromatic N) is 2. The molecule has 88 valence electrons. The van der Waals surface area contributed by atoms with E-state index in [0.29, 0.717) is 0 Å². The van der Waals surface area contributed by atoms with Crippen LogP contribution in [0.1, 0.15) is 25.3 Å². The van der Waals surface area contributed by atoms with Gasteiger partial charge in [-0.3, -0.25) is 0 Å². The molecule has 1 aromatic carbocycles. The van der Waals surface area contributed by atoms with Crippen molar-refractivity contribution in [3.8, 4) is 17.1 Å². The third-order valence-corrected chi connectivity index (χ3v) is 2.72. The first-order chi connectivity index (χ1) is 8.31. The molecule has 0 atom stereocenters. The molecule has 3 heteroatoms. The van der Waals surface area contributed by atoms with Gasteiger partial charge >= 0.3 is 0 Å². The van der Waals surface area contributed by atoms with E-state index in [9.17, 15) is 5.11 Å². The Morgan fingerprint density at radius 3 is 2.59 bits per heavy atom. The standard InChI is InChI=1S/C14H16N2O/c1-2-3-7-12-10-13(15-16-14(12)17)11-8-5-4-6-9-11/h4-6,8-10H,2-3,7H2,1H3,(H,16,17). The summed E-state index contributed by atoms with van der Waals surface area (Å²) in [4.78, 5) is 0. The van der Waals surface area contributed by atoms with Gasteiger partial charge in [0.25, 0.3) is 0 Å². The van der Waals surface area contributed by atoms with Crippen LogP contribution in [0.25, 0.3) is 11.3 Å². The van der Waals surface area contributed by atoms with E-state index in [4.69, 9.17) is 0 Å². The summed E-state index contributed by atoms with van der Waals surface area (Å²) in [7, 11) is 0. The Morgan fingerprint density at radius 1 is 1.12 bits per heavy atom. The van der Waals surface area contributed by atoms with E-state index < -0.39 is 0 Å². The molecule has 1 aromatic heterocycles. The van der Waals surface area contributed by atoms with E-state index in [2.05, 4.69) is 17.1 Å². The minimum Gasteiger partial charge on any atom is -0.492 e. The Hall–Kier alpha value is -1.90. The third-order valence-electron chi connectivity index (χ3n) is 2.72. The molecule has 0 spiro atoms. The molecule has 0 aliphatic rings. The molecule has 0 unspecified atom stereocenters. The predicted octanol–water partition coefficient (Wildman–Crippen LogP) is 3.19. The van der Waals surface area contributed by atoms with Crippen LogP contribution in [0, 0.1) is 0 Å². The summed E-state index contributed by atoms with van der Waals surface area (Å²) in [6.07, 6.45) is 2.99. The highest BCUT2D eigenvalue weighted by Crippen LogP contribution is 2.22. The highest BCUT2D eigenvalue weighted by Gasteiger charge is 2.06. The fourth-order valence-corrected chi connectivity index (χ4v) is 1.73. The second-order valence-electron chi connectivity index (χ2n) is 4.05. The van der Waals surface area contributed by atoms with Gasteiger partial charge in [0.15, 0.2) is 0 Å². The van der Waals surface area contributed by atoms with Gasteiger partial charge < -0.3 is 5.11 Å². The van der Waals surface area contributed by atoms with Crippen molar-refractivity contribution in [2.75, 3.05) is 0 Å². The first kappa shape index (κ1) is 11.6. The first-order valence-corrected chi connectivity index (χ1v) is 5.92. The Balaban J connectivity index is 2.31. The minimum absolute atomic E-state index is 0.0538. The van der Waals surface area contributed by atoms with Gasteiger partial charge in [0.2, 0.25) is 5.88 Å². The number of unbranched alkanes of at least 4 members (excludes halogenated alkanes) is 1. The van der Waals surface area contributed by atoms with Crippen LogP contribution in [-0.2, 0) is 6.42 Å². The van der Waals surface area contributed by atoms with Crippen LogP contribution in [0.3, 0.4) is 0 Å². The lowest BCUT2D eigenvalue weighted by atomic mass is 10.1. The molecule has 0 radical (unpaired) electrons. The van der Waals surface area contributed by atoms with Crippen LogP contribution in [0.2, 0.25) is 0 Å². The van der Waals surface area contributed by atoms with E-state index in [0.717, 1.165) is 36.1 Å². The number of aromatic nitrogens is 2. The molecule has 2 rings (SSSR count). The van der Waals surface area contributed by atoms with E-state index in [-0.39, 0.29) is 5.88 Å². The molecule has 0 aliphatic carbocycles. The number of hydrogen-bond acceptors (Lipinski definition) is 3. The minimum atomic E-state index is 0.0538. The fourth-order valence-electron chi connectivity index (χ4n) is 1.73. The molecular weight excluding hydrogens is 212 g/mol. The summed E-state index contributed by atoms with van der Waals surface area (Å²) < 4.78 is 0. The van der Waals surface area contributed by atoms with Crippen molar-refractivity contribution < 1.29 is 5.11 Å². The number of rotatable bonds is 4.